The number of hydrogen-bond acceptors (Lipinski definition) is 3. The summed E-state index contributed by atoms with van der Waals surface area (Å²) in [7, 11) is -9.48. The molecule has 2 unspecified atom stereocenters. The summed E-state index contributed by atoms with van der Waals surface area (Å²) in [4.78, 5) is 0. The number of rotatable bonds is 4. The minimum atomic E-state index is -2.60. The molecular weight excluding hydrogens is 473 g/mol. The van der Waals surface area contributed by atoms with Crippen LogP contribution in [0.15, 0.2) is 0 Å². The number of hydrogen-bond donors (Lipinski definition) is 1. The molecule has 2 bridgehead atoms. The van der Waals surface area contributed by atoms with Crippen molar-refractivity contribution in [1.29, 1.82) is 0 Å². The SMILES string of the molecule is C[Si](C)(C)N1P2N([Si](C)(C)C)[Si](Cl)(Cl)N([Si](C)(C)C)P1[NH+]2[Si](C)(C)C. The van der Waals surface area contributed by atoms with E-state index in [9.17, 15) is 0 Å². The van der Waals surface area contributed by atoms with Gasteiger partial charge in [0.15, 0.2) is 0 Å². The number of quaternary nitrogens is 1. The highest BCUT2D eigenvalue weighted by atomic mass is 35.7. The molecule has 3 heterocycles. The van der Waals surface area contributed by atoms with Crippen LogP contribution in [0.3, 0.4) is 0 Å². The van der Waals surface area contributed by atoms with Gasteiger partial charge in [0.05, 0.1) is 0 Å². The molecule has 0 aliphatic carbocycles. The van der Waals surface area contributed by atoms with E-state index in [4.69, 9.17) is 22.2 Å². The van der Waals surface area contributed by atoms with Gasteiger partial charge in [-0.25, -0.2) is 8.00 Å². The fourth-order valence-corrected chi connectivity index (χ4v) is 54.0. The molecule has 148 valence electrons. The Labute approximate surface area is 173 Å². The van der Waals surface area contributed by atoms with E-state index in [0.29, 0.717) is 0 Å². The lowest BCUT2D eigenvalue weighted by Crippen LogP contribution is -3.22. The Morgan fingerprint density at radius 3 is 1.16 bits per heavy atom. The second kappa shape index (κ2) is 6.69. The molecule has 0 amide bonds. The number of fused-ring (bicyclic) bond motifs is 2. The Hall–Kier alpha value is 2.36. The van der Waals surface area contributed by atoms with Crippen molar-refractivity contribution in [1.82, 2.24) is 12.1 Å². The van der Waals surface area contributed by atoms with E-state index < -0.39 is 40.0 Å². The van der Waals surface area contributed by atoms with Crippen LogP contribution in [0, 0.1) is 0 Å². The van der Waals surface area contributed by atoms with Gasteiger partial charge >= 0.3 is 7.02 Å². The summed E-state index contributed by atoms with van der Waals surface area (Å²) in [6.45, 7) is 29.8. The van der Waals surface area contributed by atoms with Crippen molar-refractivity contribution in [2.24, 2.45) is 0 Å². The van der Waals surface area contributed by atoms with Crippen molar-refractivity contribution < 1.29 is 4.11 Å². The maximum Gasteiger partial charge on any atom is 0.412 e. The van der Waals surface area contributed by atoms with E-state index in [1.165, 1.54) is 0 Å². The summed E-state index contributed by atoms with van der Waals surface area (Å²) in [5, 5.41) is 0. The molecule has 2 atom stereocenters. The summed E-state index contributed by atoms with van der Waals surface area (Å²) in [6, 6.07) is 0. The van der Waals surface area contributed by atoms with Gasteiger partial charge in [-0.05, 0) is 19.6 Å². The fourth-order valence-electron chi connectivity index (χ4n) is 3.52. The summed E-state index contributed by atoms with van der Waals surface area (Å²) in [5.74, 6) is 0. The van der Waals surface area contributed by atoms with Gasteiger partial charge < -0.3 is 4.11 Å². The average Bonchev–Trinajstić information content (AvgIpc) is 2.16. The number of nitrogens with zero attached hydrogens (tertiary/aromatic N) is 3. The summed E-state index contributed by atoms with van der Waals surface area (Å²) >= 11 is 14.8. The van der Waals surface area contributed by atoms with Crippen LogP contribution >= 0.6 is 38.9 Å². The highest BCUT2D eigenvalue weighted by molar-refractivity contribution is 7.86. The molecule has 3 rings (SSSR count). The molecule has 4 nitrogen and oxygen atoms in total. The first kappa shape index (κ1) is 23.6. The lowest BCUT2D eigenvalue weighted by atomic mass is 11.8. The van der Waals surface area contributed by atoms with Gasteiger partial charge in [-0.3, -0.25) is 0 Å². The maximum absolute atomic E-state index is 7.38. The molecule has 0 saturated carbocycles. The number of halogens is 2. The van der Waals surface area contributed by atoms with E-state index in [1.807, 2.05) is 4.11 Å². The van der Waals surface area contributed by atoms with Gasteiger partial charge in [0.2, 0.25) is 16.7 Å². The Balaban J connectivity index is 2.73. The molecule has 0 radical (unpaired) electrons. The van der Waals surface area contributed by atoms with Crippen molar-refractivity contribution in [2.75, 3.05) is 0 Å². The Bertz CT molecular complexity index is 490. The van der Waals surface area contributed by atoms with E-state index in [0.717, 1.165) is 0 Å². The largest absolute Gasteiger partial charge is 0.412 e. The van der Waals surface area contributed by atoms with Crippen molar-refractivity contribution in [3.05, 3.63) is 0 Å². The molecule has 25 heavy (non-hydrogen) atoms. The summed E-state index contributed by atoms with van der Waals surface area (Å²) in [5.41, 5.74) is 0. The Morgan fingerprint density at radius 1 is 0.640 bits per heavy atom. The third-order valence-corrected chi connectivity index (χ3v) is 43.3. The zero-order valence-corrected chi connectivity index (χ0v) is 26.3. The van der Waals surface area contributed by atoms with Gasteiger partial charge in [0.25, 0.3) is 8.24 Å². The van der Waals surface area contributed by atoms with E-state index in [1.54, 1.807) is 0 Å². The van der Waals surface area contributed by atoms with Gasteiger partial charge in [-0.2, -0.15) is 4.11 Å². The second-order valence-corrected chi connectivity index (χ2v) is 44.4. The predicted octanol–water partition coefficient (Wildman–Crippen LogP) is 5.51. The van der Waals surface area contributed by atoms with Crippen LogP contribution in [0.4, 0.5) is 0 Å². The zero-order chi connectivity index (χ0) is 20.0. The van der Waals surface area contributed by atoms with E-state index >= 15 is 0 Å². The van der Waals surface area contributed by atoms with Gasteiger partial charge in [0.1, 0.15) is 24.7 Å². The molecular formula is C12H37Cl2N4P2Si5+. The predicted molar refractivity (Wildman–Crippen MR) is 131 cm³/mol. The monoisotopic (exact) mass is 509 g/mol. The summed E-state index contributed by atoms with van der Waals surface area (Å²) < 4.78 is 10.4. The van der Waals surface area contributed by atoms with Crippen LogP contribution in [-0.2, 0) is 0 Å². The quantitative estimate of drug-likeness (QED) is 0.305. The van der Waals surface area contributed by atoms with Crippen LogP contribution < -0.4 is 4.11 Å². The number of nitrogens with one attached hydrogen (secondary N) is 1. The van der Waals surface area contributed by atoms with E-state index in [-0.39, 0.29) is 16.7 Å². The first-order valence-electron chi connectivity index (χ1n) is 8.99. The van der Waals surface area contributed by atoms with Crippen molar-refractivity contribution >= 4 is 78.9 Å². The highest BCUT2D eigenvalue weighted by Crippen LogP contribution is 2.76. The zero-order valence-electron chi connectivity index (χ0n) is 18.0. The molecule has 3 aliphatic rings. The molecule has 1 N–H and O–H groups in total. The van der Waals surface area contributed by atoms with Crippen LogP contribution in [0.2, 0.25) is 78.6 Å². The molecule has 0 aromatic heterocycles. The fraction of sp³-hybridized carbons (Fsp3) is 1.00. The second-order valence-electron chi connectivity index (χ2n) is 11.1. The Morgan fingerprint density at radius 2 is 0.960 bits per heavy atom. The minimum Gasteiger partial charge on any atom is -0.316 e. The molecule has 3 saturated heterocycles. The molecule has 3 aliphatic heterocycles. The molecule has 3 fully saturated rings. The van der Waals surface area contributed by atoms with Gasteiger partial charge in [-0.15, -0.1) is 22.2 Å². The first-order valence-corrected chi connectivity index (χ1v) is 29.2. The molecule has 0 aromatic carbocycles. The Kier molecular flexibility index (Phi) is 6.32. The van der Waals surface area contributed by atoms with Crippen LogP contribution in [-0.4, -0.2) is 52.1 Å². The van der Waals surface area contributed by atoms with Crippen LogP contribution in [0.5, 0.6) is 0 Å². The van der Waals surface area contributed by atoms with Gasteiger partial charge in [-0.1, -0.05) is 58.9 Å². The third-order valence-electron chi connectivity index (χ3n) is 4.17. The maximum atomic E-state index is 7.38. The average molecular weight is 511 g/mol. The normalized spacial score (nSPS) is 32.6. The highest BCUT2D eigenvalue weighted by Gasteiger charge is 2.80. The standard InChI is InChI=1S/C12H36Cl2N4P2Si5/c1-21(2,3)15-19-16(22(4,5)6)20(15)18(24(10,11)12)25(13,14)17(19)23(7,8)9/h1-12H3/p+1. The van der Waals surface area contributed by atoms with Crippen LogP contribution in [0.1, 0.15) is 0 Å². The minimum absolute atomic E-state index is 0.389. The summed E-state index contributed by atoms with van der Waals surface area (Å²) in [6.07, 6.45) is 0. The third kappa shape index (κ3) is 4.02. The molecule has 0 aromatic rings. The topological polar surface area (TPSA) is 14.2 Å². The van der Waals surface area contributed by atoms with Crippen molar-refractivity contribution in [3.8, 4) is 0 Å². The molecule has 13 heteroatoms. The van der Waals surface area contributed by atoms with Gasteiger partial charge in [0, 0.05) is 0 Å². The lowest BCUT2D eigenvalue weighted by Gasteiger charge is -2.73. The van der Waals surface area contributed by atoms with Crippen molar-refractivity contribution in [3.63, 3.8) is 0 Å². The smallest absolute Gasteiger partial charge is 0.316 e. The molecule has 0 spiro atoms. The van der Waals surface area contributed by atoms with Crippen LogP contribution in [0.25, 0.3) is 0 Å². The van der Waals surface area contributed by atoms with Crippen molar-refractivity contribution in [2.45, 2.75) is 78.6 Å². The van der Waals surface area contributed by atoms with E-state index in [2.05, 4.69) is 90.7 Å². The first-order chi connectivity index (χ1) is 10.7. The lowest BCUT2D eigenvalue weighted by molar-refractivity contribution is -0.521.